The lowest BCUT2D eigenvalue weighted by molar-refractivity contribution is 0.571. The SMILES string of the molecule is CCCC(N)C#CCc1nc(C(C)(C)C)cs1. The van der Waals surface area contributed by atoms with Crippen molar-refractivity contribution in [1.29, 1.82) is 0 Å². The Labute approximate surface area is 109 Å². The number of nitrogens with two attached hydrogens (primary N) is 1. The standard InChI is InChI=1S/C14H22N2S/c1-5-7-11(15)8-6-9-13-16-12(10-17-13)14(2,3)4/h10-11H,5,7,9,15H2,1-4H3. The Morgan fingerprint density at radius 1 is 1.47 bits per heavy atom. The van der Waals surface area contributed by atoms with E-state index in [1.807, 2.05) is 0 Å². The van der Waals surface area contributed by atoms with Crippen LogP contribution in [0.15, 0.2) is 5.38 Å². The minimum atomic E-state index is 0.0158. The second kappa shape index (κ2) is 6.18. The van der Waals surface area contributed by atoms with Crippen LogP contribution in [-0.2, 0) is 11.8 Å². The third-order valence-corrected chi connectivity index (χ3v) is 3.30. The van der Waals surface area contributed by atoms with Crippen LogP contribution in [0.4, 0.5) is 0 Å². The molecule has 0 spiro atoms. The number of aromatic nitrogens is 1. The van der Waals surface area contributed by atoms with Crippen molar-refractivity contribution in [3.05, 3.63) is 16.1 Å². The molecule has 17 heavy (non-hydrogen) atoms. The first kappa shape index (κ1) is 14.2. The lowest BCUT2D eigenvalue weighted by Gasteiger charge is -2.14. The molecule has 0 aliphatic rings. The molecular weight excluding hydrogens is 228 g/mol. The Morgan fingerprint density at radius 2 is 2.18 bits per heavy atom. The summed E-state index contributed by atoms with van der Waals surface area (Å²) in [6.45, 7) is 8.65. The summed E-state index contributed by atoms with van der Waals surface area (Å²) in [5, 5.41) is 3.22. The second-order valence-electron chi connectivity index (χ2n) is 5.27. The zero-order valence-corrected chi connectivity index (χ0v) is 12.0. The molecule has 0 aromatic carbocycles. The molecule has 1 heterocycles. The summed E-state index contributed by atoms with van der Waals surface area (Å²) >= 11 is 1.69. The molecule has 1 atom stereocenters. The van der Waals surface area contributed by atoms with E-state index in [1.54, 1.807) is 11.3 Å². The Kier molecular flexibility index (Phi) is 5.17. The average Bonchev–Trinajstić information content (AvgIpc) is 2.66. The van der Waals surface area contributed by atoms with Gasteiger partial charge in [-0.3, -0.25) is 0 Å². The highest BCUT2D eigenvalue weighted by Crippen LogP contribution is 2.23. The Bertz CT molecular complexity index is 404. The third-order valence-electron chi connectivity index (χ3n) is 2.45. The molecule has 1 aromatic rings. The van der Waals surface area contributed by atoms with Crippen LogP contribution in [-0.4, -0.2) is 11.0 Å². The fourth-order valence-electron chi connectivity index (χ4n) is 1.38. The number of rotatable bonds is 3. The van der Waals surface area contributed by atoms with Gasteiger partial charge in [-0.05, 0) is 6.42 Å². The van der Waals surface area contributed by atoms with Crippen molar-refractivity contribution in [2.45, 2.75) is 58.4 Å². The van der Waals surface area contributed by atoms with Gasteiger partial charge in [0.1, 0.15) is 5.01 Å². The van der Waals surface area contributed by atoms with E-state index in [0.29, 0.717) is 0 Å². The van der Waals surface area contributed by atoms with Crippen molar-refractivity contribution in [3.8, 4) is 11.8 Å². The summed E-state index contributed by atoms with van der Waals surface area (Å²) in [6, 6.07) is 0.0158. The van der Waals surface area contributed by atoms with Gasteiger partial charge in [0.05, 0.1) is 18.2 Å². The van der Waals surface area contributed by atoms with Crippen LogP contribution in [0.5, 0.6) is 0 Å². The topological polar surface area (TPSA) is 38.9 Å². The normalized spacial score (nSPS) is 13.0. The van der Waals surface area contributed by atoms with E-state index in [4.69, 9.17) is 5.73 Å². The zero-order chi connectivity index (χ0) is 12.9. The summed E-state index contributed by atoms with van der Waals surface area (Å²) in [5.74, 6) is 6.20. The molecule has 0 fully saturated rings. The third kappa shape index (κ3) is 4.89. The van der Waals surface area contributed by atoms with E-state index in [9.17, 15) is 0 Å². The molecular formula is C14H22N2S. The summed E-state index contributed by atoms with van der Waals surface area (Å²) in [7, 11) is 0. The van der Waals surface area contributed by atoms with Gasteiger partial charge >= 0.3 is 0 Å². The summed E-state index contributed by atoms with van der Waals surface area (Å²) < 4.78 is 0. The molecule has 0 saturated heterocycles. The van der Waals surface area contributed by atoms with Crippen LogP contribution < -0.4 is 5.73 Å². The number of hydrogen-bond donors (Lipinski definition) is 1. The molecule has 0 bridgehead atoms. The first-order valence-electron chi connectivity index (χ1n) is 6.12. The molecule has 1 unspecified atom stereocenters. The van der Waals surface area contributed by atoms with Crippen LogP contribution in [0.2, 0.25) is 0 Å². The summed E-state index contributed by atoms with van der Waals surface area (Å²) in [6.07, 6.45) is 2.78. The maximum absolute atomic E-state index is 5.83. The fourth-order valence-corrected chi connectivity index (χ4v) is 2.34. The fraction of sp³-hybridized carbons (Fsp3) is 0.643. The minimum Gasteiger partial charge on any atom is -0.318 e. The Morgan fingerprint density at radius 3 is 2.71 bits per heavy atom. The first-order chi connectivity index (χ1) is 7.93. The Balaban J connectivity index is 2.56. The molecule has 1 aromatic heterocycles. The maximum atomic E-state index is 5.83. The molecule has 0 aliphatic heterocycles. The van der Waals surface area contributed by atoms with Gasteiger partial charge < -0.3 is 5.73 Å². The van der Waals surface area contributed by atoms with Crippen molar-refractivity contribution in [2.24, 2.45) is 5.73 Å². The molecule has 0 saturated carbocycles. The van der Waals surface area contributed by atoms with E-state index in [-0.39, 0.29) is 11.5 Å². The largest absolute Gasteiger partial charge is 0.318 e. The quantitative estimate of drug-likeness (QED) is 0.837. The minimum absolute atomic E-state index is 0.0158. The molecule has 0 amide bonds. The van der Waals surface area contributed by atoms with Crippen molar-refractivity contribution in [3.63, 3.8) is 0 Å². The van der Waals surface area contributed by atoms with Gasteiger partial charge in [0.2, 0.25) is 0 Å². The van der Waals surface area contributed by atoms with Crippen LogP contribution >= 0.6 is 11.3 Å². The van der Waals surface area contributed by atoms with Gasteiger partial charge in [-0.2, -0.15) is 0 Å². The van der Waals surface area contributed by atoms with Crippen LogP contribution in [0.1, 0.15) is 51.2 Å². The number of hydrogen-bond acceptors (Lipinski definition) is 3. The van der Waals surface area contributed by atoms with Gasteiger partial charge in [-0.25, -0.2) is 4.98 Å². The van der Waals surface area contributed by atoms with E-state index in [2.05, 4.69) is 49.9 Å². The molecule has 3 heteroatoms. The number of thiazole rings is 1. The predicted molar refractivity (Wildman–Crippen MR) is 75.2 cm³/mol. The van der Waals surface area contributed by atoms with Gasteiger partial charge in [0.15, 0.2) is 0 Å². The molecule has 94 valence electrons. The molecule has 0 radical (unpaired) electrons. The van der Waals surface area contributed by atoms with E-state index in [1.165, 1.54) is 0 Å². The smallest absolute Gasteiger partial charge is 0.105 e. The van der Waals surface area contributed by atoms with Gasteiger partial charge in [-0.15, -0.1) is 11.3 Å². The zero-order valence-electron chi connectivity index (χ0n) is 11.2. The molecule has 0 aliphatic carbocycles. The summed E-state index contributed by atoms with van der Waals surface area (Å²) in [4.78, 5) is 4.60. The van der Waals surface area contributed by atoms with Crippen molar-refractivity contribution < 1.29 is 0 Å². The van der Waals surface area contributed by atoms with Crippen molar-refractivity contribution in [2.75, 3.05) is 0 Å². The van der Waals surface area contributed by atoms with Crippen LogP contribution in [0.3, 0.4) is 0 Å². The average molecular weight is 250 g/mol. The predicted octanol–water partition coefficient (Wildman–Crippen LogP) is 3.11. The van der Waals surface area contributed by atoms with Gasteiger partial charge in [0, 0.05) is 10.8 Å². The monoisotopic (exact) mass is 250 g/mol. The second-order valence-corrected chi connectivity index (χ2v) is 6.21. The van der Waals surface area contributed by atoms with E-state index >= 15 is 0 Å². The summed E-state index contributed by atoms with van der Waals surface area (Å²) in [5.41, 5.74) is 7.11. The van der Waals surface area contributed by atoms with Crippen LogP contribution in [0.25, 0.3) is 0 Å². The highest BCUT2D eigenvalue weighted by Gasteiger charge is 2.16. The lowest BCUT2D eigenvalue weighted by atomic mass is 9.93. The van der Waals surface area contributed by atoms with E-state index in [0.717, 1.165) is 30.0 Å². The number of nitrogens with zero attached hydrogens (tertiary/aromatic N) is 1. The maximum Gasteiger partial charge on any atom is 0.105 e. The van der Waals surface area contributed by atoms with Crippen LogP contribution in [0, 0.1) is 11.8 Å². The van der Waals surface area contributed by atoms with Gasteiger partial charge in [-0.1, -0.05) is 46.0 Å². The molecule has 2 N–H and O–H groups in total. The highest BCUT2D eigenvalue weighted by molar-refractivity contribution is 7.09. The van der Waals surface area contributed by atoms with E-state index < -0.39 is 0 Å². The van der Waals surface area contributed by atoms with Crippen molar-refractivity contribution >= 4 is 11.3 Å². The van der Waals surface area contributed by atoms with Gasteiger partial charge in [0.25, 0.3) is 0 Å². The molecule has 1 rings (SSSR count). The molecule has 2 nitrogen and oxygen atoms in total. The Hall–Kier alpha value is -0.850. The first-order valence-corrected chi connectivity index (χ1v) is 7.00. The highest BCUT2D eigenvalue weighted by atomic mass is 32.1. The van der Waals surface area contributed by atoms with Crippen molar-refractivity contribution in [1.82, 2.24) is 4.98 Å². The lowest BCUT2D eigenvalue weighted by Crippen LogP contribution is -2.16.